The average molecular weight is 307 g/mol. The van der Waals surface area contributed by atoms with Crippen molar-refractivity contribution in [2.45, 2.75) is 13.0 Å². The Morgan fingerprint density at radius 3 is 2.27 bits per heavy atom. The first kappa shape index (κ1) is 15.8. The van der Waals surface area contributed by atoms with Crippen LogP contribution in [0.4, 0.5) is 14.5 Å². The second-order valence-electron chi connectivity index (χ2n) is 4.55. The van der Waals surface area contributed by atoms with E-state index in [-0.39, 0.29) is 5.75 Å². The van der Waals surface area contributed by atoms with Crippen LogP contribution in [0.15, 0.2) is 42.5 Å². The number of carbonyl (C=O) groups is 1. The summed E-state index contributed by atoms with van der Waals surface area (Å²) in [5.74, 6) is -1.65. The predicted molar refractivity (Wildman–Crippen MR) is 78.1 cm³/mol. The van der Waals surface area contributed by atoms with E-state index in [9.17, 15) is 13.6 Å². The van der Waals surface area contributed by atoms with E-state index >= 15 is 0 Å². The van der Waals surface area contributed by atoms with Gasteiger partial charge in [0.1, 0.15) is 11.5 Å². The Balaban J connectivity index is 1.97. The third-order valence-corrected chi connectivity index (χ3v) is 2.93. The van der Waals surface area contributed by atoms with Crippen LogP contribution in [-0.2, 0) is 4.79 Å². The smallest absolute Gasteiger partial charge is 0.265 e. The zero-order chi connectivity index (χ0) is 16.1. The summed E-state index contributed by atoms with van der Waals surface area (Å²) in [6.07, 6.45) is -0.869. The molecule has 116 valence electrons. The van der Waals surface area contributed by atoms with Gasteiger partial charge in [-0.1, -0.05) is 0 Å². The first-order valence-corrected chi connectivity index (χ1v) is 6.56. The molecule has 0 spiro atoms. The summed E-state index contributed by atoms with van der Waals surface area (Å²) in [5, 5.41) is 2.65. The van der Waals surface area contributed by atoms with E-state index in [0.29, 0.717) is 11.4 Å². The number of anilines is 1. The van der Waals surface area contributed by atoms with E-state index in [1.807, 2.05) is 0 Å². The highest BCUT2D eigenvalue weighted by molar-refractivity contribution is 5.94. The second-order valence-corrected chi connectivity index (χ2v) is 4.55. The monoisotopic (exact) mass is 307 g/mol. The number of halogens is 2. The highest BCUT2D eigenvalue weighted by Gasteiger charge is 2.16. The number of hydrogen-bond acceptors (Lipinski definition) is 3. The summed E-state index contributed by atoms with van der Waals surface area (Å²) in [4.78, 5) is 12.0. The van der Waals surface area contributed by atoms with Crippen LogP contribution in [0.1, 0.15) is 6.92 Å². The molecule has 0 aliphatic carbocycles. The van der Waals surface area contributed by atoms with Crippen molar-refractivity contribution < 1.29 is 23.0 Å². The molecule has 1 unspecified atom stereocenters. The van der Waals surface area contributed by atoms with Crippen LogP contribution in [0.5, 0.6) is 11.5 Å². The quantitative estimate of drug-likeness (QED) is 0.921. The van der Waals surface area contributed by atoms with Gasteiger partial charge in [-0.2, -0.15) is 0 Å². The van der Waals surface area contributed by atoms with Gasteiger partial charge in [0.2, 0.25) is 0 Å². The van der Waals surface area contributed by atoms with E-state index in [0.717, 1.165) is 12.1 Å². The molecule has 0 aliphatic heterocycles. The molecule has 1 atom stereocenters. The molecular formula is C16H15F2NO3. The van der Waals surface area contributed by atoms with Crippen molar-refractivity contribution in [1.82, 2.24) is 0 Å². The summed E-state index contributed by atoms with van der Waals surface area (Å²) in [7, 11) is 1.55. The summed E-state index contributed by atoms with van der Waals surface area (Å²) in [5.41, 5.74) is 0.575. The normalized spacial score (nSPS) is 11.6. The fraction of sp³-hybridized carbons (Fsp3) is 0.188. The van der Waals surface area contributed by atoms with Crippen LogP contribution in [-0.4, -0.2) is 19.1 Å². The Morgan fingerprint density at radius 1 is 1.05 bits per heavy atom. The maximum atomic E-state index is 13.1. The Kier molecular flexibility index (Phi) is 4.93. The SMILES string of the molecule is COc1ccc(NC(=O)C(C)Oc2ccc(F)c(F)c2)cc1. The Hall–Kier alpha value is -2.63. The van der Waals surface area contributed by atoms with Gasteiger partial charge >= 0.3 is 0 Å². The molecule has 2 rings (SSSR count). The molecule has 2 aromatic rings. The topological polar surface area (TPSA) is 47.6 Å². The zero-order valence-corrected chi connectivity index (χ0v) is 12.1. The van der Waals surface area contributed by atoms with Gasteiger partial charge in [0.25, 0.3) is 5.91 Å². The van der Waals surface area contributed by atoms with E-state index in [1.165, 1.54) is 13.0 Å². The van der Waals surface area contributed by atoms with E-state index in [1.54, 1.807) is 31.4 Å². The number of hydrogen-bond donors (Lipinski definition) is 1. The summed E-state index contributed by atoms with van der Waals surface area (Å²) in [6.45, 7) is 1.51. The molecule has 1 amide bonds. The fourth-order valence-electron chi connectivity index (χ4n) is 1.73. The molecular weight excluding hydrogens is 292 g/mol. The van der Waals surface area contributed by atoms with E-state index in [2.05, 4.69) is 5.32 Å². The molecule has 0 aliphatic rings. The maximum absolute atomic E-state index is 13.1. The third kappa shape index (κ3) is 3.94. The van der Waals surface area contributed by atoms with Gasteiger partial charge < -0.3 is 14.8 Å². The largest absolute Gasteiger partial charge is 0.497 e. The lowest BCUT2D eigenvalue weighted by Crippen LogP contribution is -2.30. The minimum Gasteiger partial charge on any atom is -0.497 e. The molecule has 0 radical (unpaired) electrons. The molecule has 6 heteroatoms. The third-order valence-electron chi connectivity index (χ3n) is 2.93. The molecule has 0 saturated heterocycles. The lowest BCUT2D eigenvalue weighted by atomic mass is 10.2. The van der Waals surface area contributed by atoms with Gasteiger partial charge in [-0.05, 0) is 43.3 Å². The minimum absolute atomic E-state index is 0.0799. The standard InChI is InChI=1S/C16H15F2NO3/c1-10(22-13-7-8-14(17)15(18)9-13)16(20)19-11-3-5-12(21-2)6-4-11/h3-10H,1-2H3,(H,19,20). The Labute approximate surface area is 126 Å². The molecule has 0 aromatic heterocycles. The summed E-state index contributed by atoms with van der Waals surface area (Å²) >= 11 is 0. The van der Waals surface area contributed by atoms with Crippen LogP contribution in [0.2, 0.25) is 0 Å². The number of carbonyl (C=O) groups excluding carboxylic acids is 1. The molecule has 0 heterocycles. The molecule has 2 aromatic carbocycles. The van der Waals surface area contributed by atoms with Gasteiger partial charge in [-0.15, -0.1) is 0 Å². The van der Waals surface area contributed by atoms with Crippen LogP contribution in [0.3, 0.4) is 0 Å². The van der Waals surface area contributed by atoms with Crippen LogP contribution in [0, 0.1) is 11.6 Å². The van der Waals surface area contributed by atoms with Gasteiger partial charge in [-0.3, -0.25) is 4.79 Å². The number of ether oxygens (including phenoxy) is 2. The number of nitrogens with one attached hydrogen (secondary N) is 1. The average Bonchev–Trinajstić information content (AvgIpc) is 2.51. The molecule has 22 heavy (non-hydrogen) atoms. The summed E-state index contributed by atoms with van der Waals surface area (Å²) < 4.78 is 36.2. The van der Waals surface area contributed by atoms with Crippen molar-refractivity contribution in [3.8, 4) is 11.5 Å². The number of amides is 1. The molecule has 4 nitrogen and oxygen atoms in total. The molecule has 1 N–H and O–H groups in total. The molecule has 0 saturated carbocycles. The fourth-order valence-corrected chi connectivity index (χ4v) is 1.73. The van der Waals surface area contributed by atoms with Crippen molar-refractivity contribution in [3.05, 3.63) is 54.1 Å². The lowest BCUT2D eigenvalue weighted by Gasteiger charge is -2.15. The van der Waals surface area contributed by atoms with Crippen molar-refractivity contribution in [1.29, 1.82) is 0 Å². The van der Waals surface area contributed by atoms with Crippen LogP contribution < -0.4 is 14.8 Å². The first-order chi connectivity index (χ1) is 10.5. The summed E-state index contributed by atoms with van der Waals surface area (Å²) in [6, 6.07) is 9.87. The Morgan fingerprint density at radius 2 is 1.68 bits per heavy atom. The highest BCUT2D eigenvalue weighted by Crippen LogP contribution is 2.18. The lowest BCUT2D eigenvalue weighted by molar-refractivity contribution is -0.122. The van der Waals surface area contributed by atoms with Crippen molar-refractivity contribution >= 4 is 11.6 Å². The van der Waals surface area contributed by atoms with E-state index < -0.39 is 23.6 Å². The second kappa shape index (κ2) is 6.89. The van der Waals surface area contributed by atoms with Crippen molar-refractivity contribution in [2.24, 2.45) is 0 Å². The first-order valence-electron chi connectivity index (χ1n) is 6.56. The van der Waals surface area contributed by atoms with Gasteiger partial charge in [0, 0.05) is 11.8 Å². The molecule has 0 fully saturated rings. The van der Waals surface area contributed by atoms with Crippen molar-refractivity contribution in [3.63, 3.8) is 0 Å². The van der Waals surface area contributed by atoms with Crippen molar-refractivity contribution in [2.75, 3.05) is 12.4 Å². The number of methoxy groups -OCH3 is 1. The maximum Gasteiger partial charge on any atom is 0.265 e. The highest BCUT2D eigenvalue weighted by atomic mass is 19.2. The van der Waals surface area contributed by atoms with Gasteiger partial charge in [0.05, 0.1) is 7.11 Å². The number of rotatable bonds is 5. The zero-order valence-electron chi connectivity index (χ0n) is 12.1. The predicted octanol–water partition coefficient (Wildman–Crippen LogP) is 3.38. The van der Waals surface area contributed by atoms with Gasteiger partial charge in [-0.25, -0.2) is 8.78 Å². The van der Waals surface area contributed by atoms with Crippen LogP contribution >= 0.6 is 0 Å². The van der Waals surface area contributed by atoms with Gasteiger partial charge in [0.15, 0.2) is 17.7 Å². The number of benzene rings is 2. The molecule has 0 bridgehead atoms. The minimum atomic E-state index is -1.03. The van der Waals surface area contributed by atoms with Crippen LogP contribution in [0.25, 0.3) is 0 Å². The Bertz CT molecular complexity index is 659. The van der Waals surface area contributed by atoms with E-state index in [4.69, 9.17) is 9.47 Å².